The fraction of sp³-hybridized carbons (Fsp3) is 0.417. The lowest BCUT2D eigenvalue weighted by Crippen LogP contribution is -2.23. The van der Waals surface area contributed by atoms with E-state index in [4.69, 9.17) is 5.73 Å². The minimum Gasteiger partial charge on any atom is -0.466 e. The average molecular weight is 268 g/mol. The van der Waals surface area contributed by atoms with Gasteiger partial charge in [-0.15, -0.1) is 0 Å². The van der Waals surface area contributed by atoms with Gasteiger partial charge in [0.1, 0.15) is 6.10 Å². The molecule has 1 amide bonds. The van der Waals surface area contributed by atoms with Gasteiger partial charge in [-0.1, -0.05) is 0 Å². The standard InChI is InChI=1S/C12H16N2O5/c1-2-19-10(16)4-9(15)11(17)7-3-8(12(13)18)6-14-5-7/h3,5-6,9,11,15,17H,2,4H2,1H3,(H2,13,18). The number of nitrogens with two attached hydrogens (primary N) is 1. The number of carbonyl (C=O) groups is 2. The number of carbonyl (C=O) groups excluding carboxylic acids is 2. The van der Waals surface area contributed by atoms with Gasteiger partial charge in [-0.3, -0.25) is 14.6 Å². The fourth-order valence-corrected chi connectivity index (χ4v) is 1.48. The van der Waals surface area contributed by atoms with E-state index in [1.165, 1.54) is 18.5 Å². The topological polar surface area (TPSA) is 123 Å². The van der Waals surface area contributed by atoms with Crippen molar-refractivity contribution in [2.45, 2.75) is 25.6 Å². The third-order valence-corrected chi connectivity index (χ3v) is 2.43. The van der Waals surface area contributed by atoms with Crippen LogP contribution < -0.4 is 5.73 Å². The maximum Gasteiger partial charge on any atom is 0.308 e. The number of aliphatic hydroxyl groups is 2. The molecule has 1 heterocycles. The highest BCUT2D eigenvalue weighted by molar-refractivity contribution is 5.92. The molecule has 0 aliphatic heterocycles. The Morgan fingerprint density at radius 3 is 2.68 bits per heavy atom. The molecule has 0 aliphatic carbocycles. The van der Waals surface area contributed by atoms with Gasteiger partial charge in [-0.25, -0.2) is 0 Å². The zero-order valence-corrected chi connectivity index (χ0v) is 10.4. The first-order valence-corrected chi connectivity index (χ1v) is 5.72. The normalized spacial score (nSPS) is 13.6. The second kappa shape index (κ2) is 6.81. The molecule has 1 aromatic rings. The number of primary amides is 1. The Morgan fingerprint density at radius 2 is 2.11 bits per heavy atom. The van der Waals surface area contributed by atoms with Crippen LogP contribution in [0.5, 0.6) is 0 Å². The van der Waals surface area contributed by atoms with Crippen molar-refractivity contribution in [1.82, 2.24) is 4.98 Å². The van der Waals surface area contributed by atoms with Crippen LogP contribution in [0.15, 0.2) is 18.5 Å². The minimum absolute atomic E-state index is 0.111. The monoisotopic (exact) mass is 268 g/mol. The highest BCUT2D eigenvalue weighted by Gasteiger charge is 2.23. The summed E-state index contributed by atoms with van der Waals surface area (Å²) in [6, 6.07) is 1.31. The third-order valence-electron chi connectivity index (χ3n) is 2.43. The molecule has 7 nitrogen and oxygen atoms in total. The van der Waals surface area contributed by atoms with Gasteiger partial charge in [0.15, 0.2) is 0 Å². The van der Waals surface area contributed by atoms with E-state index in [0.717, 1.165) is 0 Å². The largest absolute Gasteiger partial charge is 0.466 e. The lowest BCUT2D eigenvalue weighted by atomic mass is 10.0. The van der Waals surface area contributed by atoms with Gasteiger partial charge in [0.05, 0.1) is 24.7 Å². The smallest absolute Gasteiger partial charge is 0.308 e. The number of amides is 1. The Bertz CT molecular complexity index is 463. The predicted octanol–water partition coefficient (Wildman–Crippen LogP) is -0.472. The van der Waals surface area contributed by atoms with Crippen LogP contribution in [0.3, 0.4) is 0 Å². The number of hydrogen-bond acceptors (Lipinski definition) is 6. The van der Waals surface area contributed by atoms with E-state index in [1.807, 2.05) is 0 Å². The summed E-state index contributed by atoms with van der Waals surface area (Å²) >= 11 is 0. The molecule has 0 saturated heterocycles. The van der Waals surface area contributed by atoms with Crippen molar-refractivity contribution in [3.63, 3.8) is 0 Å². The molecule has 1 rings (SSSR count). The number of aromatic nitrogens is 1. The van der Waals surface area contributed by atoms with E-state index in [2.05, 4.69) is 9.72 Å². The average Bonchev–Trinajstić information content (AvgIpc) is 2.38. The van der Waals surface area contributed by atoms with Crippen LogP contribution in [0.1, 0.15) is 35.4 Å². The third kappa shape index (κ3) is 4.31. The predicted molar refractivity (Wildman–Crippen MR) is 65.0 cm³/mol. The number of ether oxygens (including phenoxy) is 1. The molecule has 0 saturated carbocycles. The Balaban J connectivity index is 2.76. The number of rotatable bonds is 6. The van der Waals surface area contributed by atoms with Gasteiger partial charge in [-0.2, -0.15) is 0 Å². The Morgan fingerprint density at radius 1 is 1.42 bits per heavy atom. The second-order valence-corrected chi connectivity index (χ2v) is 3.89. The molecule has 0 spiro atoms. The summed E-state index contributed by atoms with van der Waals surface area (Å²) in [5, 5.41) is 19.6. The van der Waals surface area contributed by atoms with Crippen molar-refractivity contribution in [3.05, 3.63) is 29.6 Å². The summed E-state index contributed by atoms with van der Waals surface area (Å²) in [5.41, 5.74) is 5.39. The summed E-state index contributed by atoms with van der Waals surface area (Å²) < 4.78 is 4.66. The summed E-state index contributed by atoms with van der Waals surface area (Å²) in [5.74, 6) is -1.31. The lowest BCUT2D eigenvalue weighted by molar-refractivity contribution is -0.147. The van der Waals surface area contributed by atoms with Gasteiger partial charge in [0.2, 0.25) is 5.91 Å². The zero-order valence-electron chi connectivity index (χ0n) is 10.4. The Hall–Kier alpha value is -1.99. The van der Waals surface area contributed by atoms with Crippen LogP contribution in [-0.4, -0.2) is 39.8 Å². The number of pyridine rings is 1. The molecule has 104 valence electrons. The minimum atomic E-state index is -1.35. The first-order chi connectivity index (χ1) is 8.95. The van der Waals surface area contributed by atoms with Gasteiger partial charge < -0.3 is 20.7 Å². The molecule has 0 fully saturated rings. The van der Waals surface area contributed by atoms with Gasteiger partial charge >= 0.3 is 5.97 Å². The fourth-order valence-electron chi connectivity index (χ4n) is 1.48. The lowest BCUT2D eigenvalue weighted by Gasteiger charge is -2.17. The van der Waals surface area contributed by atoms with Crippen molar-refractivity contribution >= 4 is 11.9 Å². The molecule has 19 heavy (non-hydrogen) atoms. The van der Waals surface area contributed by atoms with E-state index in [0.29, 0.717) is 0 Å². The number of aliphatic hydroxyl groups excluding tert-OH is 2. The molecule has 1 aromatic heterocycles. The molecular formula is C12H16N2O5. The maximum atomic E-state index is 11.2. The van der Waals surface area contributed by atoms with E-state index in [-0.39, 0.29) is 24.2 Å². The van der Waals surface area contributed by atoms with Gasteiger partial charge in [-0.05, 0) is 13.0 Å². The maximum absolute atomic E-state index is 11.2. The molecule has 2 unspecified atom stereocenters. The molecule has 0 aliphatic rings. The van der Waals surface area contributed by atoms with Crippen LogP contribution in [-0.2, 0) is 9.53 Å². The zero-order chi connectivity index (χ0) is 14.4. The van der Waals surface area contributed by atoms with Gasteiger partial charge in [0.25, 0.3) is 0 Å². The first-order valence-electron chi connectivity index (χ1n) is 5.72. The molecule has 7 heteroatoms. The quantitative estimate of drug-likeness (QED) is 0.599. The van der Waals surface area contributed by atoms with Crippen LogP contribution >= 0.6 is 0 Å². The van der Waals surface area contributed by atoms with Crippen LogP contribution in [0.4, 0.5) is 0 Å². The van der Waals surface area contributed by atoms with Crippen molar-refractivity contribution in [1.29, 1.82) is 0 Å². The van der Waals surface area contributed by atoms with Crippen LogP contribution in [0.25, 0.3) is 0 Å². The number of hydrogen-bond donors (Lipinski definition) is 3. The van der Waals surface area contributed by atoms with E-state index < -0.39 is 24.1 Å². The highest BCUT2D eigenvalue weighted by Crippen LogP contribution is 2.19. The molecular weight excluding hydrogens is 252 g/mol. The SMILES string of the molecule is CCOC(=O)CC(O)C(O)c1cncc(C(N)=O)c1. The number of esters is 1. The number of nitrogens with zero attached hydrogens (tertiary/aromatic N) is 1. The van der Waals surface area contributed by atoms with Crippen molar-refractivity contribution in [3.8, 4) is 0 Å². The molecule has 2 atom stereocenters. The molecule has 0 bridgehead atoms. The summed E-state index contributed by atoms with van der Waals surface area (Å²) in [6.45, 7) is 1.83. The molecule has 0 radical (unpaired) electrons. The second-order valence-electron chi connectivity index (χ2n) is 3.89. The summed E-state index contributed by atoms with van der Waals surface area (Å²) in [4.78, 5) is 25.9. The Kier molecular flexibility index (Phi) is 5.40. The molecule has 0 aromatic carbocycles. The first kappa shape index (κ1) is 15.1. The van der Waals surface area contributed by atoms with E-state index in [1.54, 1.807) is 6.92 Å². The van der Waals surface area contributed by atoms with E-state index in [9.17, 15) is 19.8 Å². The highest BCUT2D eigenvalue weighted by atomic mass is 16.5. The Labute approximate surface area is 110 Å². The molecule has 4 N–H and O–H groups in total. The van der Waals surface area contributed by atoms with Crippen molar-refractivity contribution < 1.29 is 24.5 Å². The van der Waals surface area contributed by atoms with Gasteiger partial charge in [0, 0.05) is 18.0 Å². The summed E-state index contributed by atoms with van der Waals surface area (Å²) in [7, 11) is 0. The van der Waals surface area contributed by atoms with E-state index >= 15 is 0 Å². The van der Waals surface area contributed by atoms with Crippen molar-refractivity contribution in [2.75, 3.05) is 6.61 Å². The van der Waals surface area contributed by atoms with Crippen LogP contribution in [0, 0.1) is 0 Å². The van der Waals surface area contributed by atoms with Crippen molar-refractivity contribution in [2.24, 2.45) is 5.73 Å². The summed E-state index contributed by atoms with van der Waals surface area (Å²) in [6.07, 6.45) is -0.516. The van der Waals surface area contributed by atoms with Crippen LogP contribution in [0.2, 0.25) is 0 Å².